The lowest BCUT2D eigenvalue weighted by atomic mass is 9.94. The van der Waals surface area contributed by atoms with Gasteiger partial charge >= 0.3 is 0 Å². The molecule has 2 heterocycles. The maximum atomic E-state index is 10.0. The van der Waals surface area contributed by atoms with Crippen LogP contribution in [0.4, 0.5) is 0 Å². The zero-order valence-electron chi connectivity index (χ0n) is 25.9. The summed E-state index contributed by atoms with van der Waals surface area (Å²) in [6.07, 6.45) is 0. The van der Waals surface area contributed by atoms with Gasteiger partial charge in [0.1, 0.15) is 0 Å². The molecule has 0 saturated carbocycles. The first kappa shape index (κ1) is 27.8. The largest absolute Gasteiger partial charge is 0.309 e. The summed E-state index contributed by atoms with van der Waals surface area (Å²) in [6.45, 7) is 0. The first-order chi connectivity index (χ1) is 23.7. The van der Waals surface area contributed by atoms with Gasteiger partial charge < -0.3 is 4.57 Å². The second-order valence-electron chi connectivity index (χ2n) is 12.3. The summed E-state index contributed by atoms with van der Waals surface area (Å²) in [4.78, 5) is 0. The van der Waals surface area contributed by atoms with Crippen molar-refractivity contribution in [2.45, 2.75) is 0 Å². The third kappa shape index (κ3) is 3.85. The van der Waals surface area contributed by atoms with Gasteiger partial charge in [0, 0.05) is 22.0 Å². The molecule has 9 rings (SSSR count). The van der Waals surface area contributed by atoms with Gasteiger partial charge in [0.15, 0.2) is 8.07 Å². The molecule has 0 bridgehead atoms. The third-order valence-electron chi connectivity index (χ3n) is 9.97. The highest BCUT2D eigenvalue weighted by atomic mass is 28.3. The molecule has 222 valence electrons. The number of nitriles is 2. The molecule has 1 aliphatic heterocycles. The fourth-order valence-electron chi connectivity index (χ4n) is 8.03. The first-order valence-electron chi connectivity index (χ1n) is 16.1. The Balaban J connectivity index is 1.37. The maximum absolute atomic E-state index is 10.0. The van der Waals surface area contributed by atoms with E-state index in [9.17, 15) is 10.5 Å². The number of fused-ring (bicyclic) bond motifs is 6. The standard InChI is InChI=1S/C44H27N3Si/c45-28-31-12-11-13-32(29-46)44(31)30-22-24-37-36-18-7-9-20-40(36)47(41(37)26-30)33-23-25-39-38-19-8-10-21-42(38)48(43(39)27-33,34-14-3-1-4-15-34)35-16-5-2-6-17-35/h1-27H. The van der Waals surface area contributed by atoms with E-state index in [4.69, 9.17) is 0 Å². The molecule has 0 saturated heterocycles. The van der Waals surface area contributed by atoms with Crippen molar-refractivity contribution in [1.29, 1.82) is 10.5 Å². The molecule has 0 aliphatic carbocycles. The summed E-state index contributed by atoms with van der Waals surface area (Å²) < 4.78 is 2.35. The fourth-order valence-corrected chi connectivity index (χ4v) is 13.2. The Kier molecular flexibility index (Phi) is 6.27. The molecule has 0 unspecified atom stereocenters. The molecule has 48 heavy (non-hydrogen) atoms. The second-order valence-corrected chi connectivity index (χ2v) is 16.0. The average Bonchev–Trinajstić information content (AvgIpc) is 3.65. The minimum atomic E-state index is -2.68. The van der Waals surface area contributed by atoms with Crippen molar-refractivity contribution in [2.24, 2.45) is 0 Å². The lowest BCUT2D eigenvalue weighted by molar-refractivity contribution is 1.18. The molecule has 0 spiro atoms. The minimum absolute atomic E-state index is 0.493. The van der Waals surface area contributed by atoms with Gasteiger partial charge in [0.2, 0.25) is 0 Å². The molecule has 4 heteroatoms. The Hall–Kier alpha value is -6.46. The van der Waals surface area contributed by atoms with E-state index < -0.39 is 8.07 Å². The third-order valence-corrected chi connectivity index (χ3v) is 14.8. The predicted octanol–water partition coefficient (Wildman–Crippen LogP) is 7.55. The van der Waals surface area contributed by atoms with Gasteiger partial charge in [-0.3, -0.25) is 0 Å². The number of hydrogen-bond donors (Lipinski definition) is 0. The van der Waals surface area contributed by atoms with Crippen molar-refractivity contribution in [2.75, 3.05) is 0 Å². The first-order valence-corrected chi connectivity index (χ1v) is 18.1. The highest BCUT2D eigenvalue weighted by Gasteiger charge is 2.48. The van der Waals surface area contributed by atoms with Gasteiger partial charge in [-0.2, -0.15) is 10.5 Å². The zero-order valence-corrected chi connectivity index (χ0v) is 26.9. The van der Waals surface area contributed by atoms with Gasteiger partial charge in [-0.25, -0.2) is 0 Å². The van der Waals surface area contributed by atoms with Crippen LogP contribution in [0, 0.1) is 22.7 Å². The van der Waals surface area contributed by atoms with Crippen molar-refractivity contribution >= 4 is 50.6 Å². The van der Waals surface area contributed by atoms with Crippen molar-refractivity contribution in [3.05, 3.63) is 175 Å². The molecule has 0 fully saturated rings. The summed E-state index contributed by atoms with van der Waals surface area (Å²) in [5, 5.41) is 27.8. The number of para-hydroxylation sites is 1. The van der Waals surface area contributed by atoms with Crippen LogP contribution in [0.15, 0.2) is 164 Å². The fraction of sp³-hybridized carbons (Fsp3) is 0. The van der Waals surface area contributed by atoms with Gasteiger partial charge in [-0.1, -0.05) is 127 Å². The van der Waals surface area contributed by atoms with E-state index in [1.165, 1.54) is 31.9 Å². The molecule has 0 N–H and O–H groups in total. The van der Waals surface area contributed by atoms with Crippen LogP contribution >= 0.6 is 0 Å². The zero-order chi connectivity index (χ0) is 32.2. The molecule has 3 nitrogen and oxygen atoms in total. The van der Waals surface area contributed by atoms with Crippen LogP contribution in [0.1, 0.15) is 11.1 Å². The van der Waals surface area contributed by atoms with Crippen molar-refractivity contribution < 1.29 is 0 Å². The van der Waals surface area contributed by atoms with E-state index in [-0.39, 0.29) is 0 Å². The van der Waals surface area contributed by atoms with Crippen molar-refractivity contribution in [3.63, 3.8) is 0 Å². The molecule has 7 aromatic carbocycles. The van der Waals surface area contributed by atoms with Crippen molar-refractivity contribution in [1.82, 2.24) is 4.57 Å². The molecule has 0 radical (unpaired) electrons. The van der Waals surface area contributed by atoms with Crippen molar-refractivity contribution in [3.8, 4) is 40.1 Å². The summed E-state index contributed by atoms with van der Waals surface area (Å²) in [5.74, 6) is 0. The molecule has 0 amide bonds. The van der Waals surface area contributed by atoms with Crippen LogP contribution in [0.3, 0.4) is 0 Å². The van der Waals surface area contributed by atoms with Gasteiger partial charge in [0.25, 0.3) is 0 Å². The Morgan fingerprint density at radius 1 is 0.458 bits per heavy atom. The van der Waals surface area contributed by atoms with E-state index >= 15 is 0 Å². The van der Waals surface area contributed by atoms with Crippen LogP contribution < -0.4 is 20.7 Å². The quantitative estimate of drug-likeness (QED) is 0.190. The molecule has 8 aromatic rings. The number of hydrogen-bond acceptors (Lipinski definition) is 2. The van der Waals surface area contributed by atoms with Crippen LogP contribution in [0.2, 0.25) is 0 Å². The monoisotopic (exact) mass is 625 g/mol. The second kappa shape index (κ2) is 10.8. The predicted molar refractivity (Wildman–Crippen MR) is 198 cm³/mol. The van der Waals surface area contributed by atoms with Gasteiger partial charge in [0.05, 0.1) is 34.3 Å². The van der Waals surface area contributed by atoms with E-state index in [1.807, 2.05) is 6.07 Å². The molecular formula is C44H27N3Si. The molecular weight excluding hydrogens is 599 g/mol. The summed E-state index contributed by atoms with van der Waals surface area (Å²) in [7, 11) is -2.68. The van der Waals surface area contributed by atoms with E-state index in [0.29, 0.717) is 16.7 Å². The van der Waals surface area contributed by atoms with E-state index in [1.54, 1.807) is 18.2 Å². The Labute approximate surface area is 279 Å². The lowest BCUT2D eigenvalue weighted by Gasteiger charge is -2.31. The molecule has 1 aliphatic rings. The molecule has 1 aromatic heterocycles. The minimum Gasteiger partial charge on any atom is -0.309 e. The summed E-state index contributed by atoms with van der Waals surface area (Å²) >= 11 is 0. The number of aromatic nitrogens is 1. The summed E-state index contributed by atoms with van der Waals surface area (Å²) in [6, 6.07) is 62.9. The normalized spacial score (nSPS) is 12.7. The number of rotatable bonds is 4. The number of nitrogens with zero attached hydrogens (tertiary/aromatic N) is 3. The molecule has 0 atom stereocenters. The Morgan fingerprint density at radius 3 is 1.77 bits per heavy atom. The van der Waals surface area contributed by atoms with Crippen LogP contribution in [-0.4, -0.2) is 12.6 Å². The van der Waals surface area contributed by atoms with E-state index in [0.717, 1.165) is 33.1 Å². The van der Waals surface area contributed by atoms with E-state index in [2.05, 4.69) is 156 Å². The SMILES string of the molecule is N#Cc1cccc(C#N)c1-c1ccc2c3ccccc3n(-c3ccc4c(c3)[Si](c3ccccc3)(c3ccccc3)c3ccccc3-4)c2c1. The topological polar surface area (TPSA) is 52.5 Å². The average molecular weight is 626 g/mol. The summed E-state index contributed by atoms with van der Waals surface area (Å²) in [5.41, 5.74) is 8.34. The highest BCUT2D eigenvalue weighted by molar-refractivity contribution is 7.22. The maximum Gasteiger partial charge on any atom is 0.180 e. The van der Waals surface area contributed by atoms with Crippen LogP contribution in [0.25, 0.3) is 49.7 Å². The Bertz CT molecular complexity index is 2570. The van der Waals surface area contributed by atoms with Gasteiger partial charge in [-0.15, -0.1) is 0 Å². The lowest BCUT2D eigenvalue weighted by Crippen LogP contribution is -2.72. The van der Waals surface area contributed by atoms with Crippen LogP contribution in [0.5, 0.6) is 0 Å². The number of benzene rings is 7. The highest BCUT2D eigenvalue weighted by Crippen LogP contribution is 2.38. The smallest absolute Gasteiger partial charge is 0.180 e. The van der Waals surface area contributed by atoms with Gasteiger partial charge in [-0.05, 0) is 73.8 Å². The Morgan fingerprint density at radius 2 is 1.06 bits per heavy atom. The van der Waals surface area contributed by atoms with Crippen LogP contribution in [-0.2, 0) is 0 Å².